The van der Waals surface area contributed by atoms with E-state index >= 15 is 0 Å². The van der Waals surface area contributed by atoms with Crippen molar-refractivity contribution in [3.8, 4) is 0 Å². The number of rotatable bonds is 8. The molecule has 1 N–H and O–H groups in total. The van der Waals surface area contributed by atoms with E-state index in [-0.39, 0.29) is 11.6 Å². The second-order valence-electron chi connectivity index (χ2n) is 12.6. The fourth-order valence-corrected chi connectivity index (χ4v) is 7.20. The Bertz CT molecular complexity index is 1680. The van der Waals surface area contributed by atoms with Crippen LogP contribution in [-0.2, 0) is 30.4 Å². The number of ether oxygens (including phenoxy) is 2. The van der Waals surface area contributed by atoms with Gasteiger partial charge in [0.25, 0.3) is 5.91 Å². The minimum Gasteiger partial charge on any atom is -0.448 e. The van der Waals surface area contributed by atoms with E-state index in [1.54, 1.807) is 31.7 Å². The maximum Gasteiger partial charge on any atom is 0.408 e. The molecule has 0 unspecified atom stereocenters. The summed E-state index contributed by atoms with van der Waals surface area (Å²) in [7, 11) is 0. The highest BCUT2D eigenvalue weighted by molar-refractivity contribution is 8.00. The van der Waals surface area contributed by atoms with Gasteiger partial charge in [0.2, 0.25) is 5.91 Å². The summed E-state index contributed by atoms with van der Waals surface area (Å²) in [6.45, 7) is 6.27. The predicted octanol–water partition coefficient (Wildman–Crippen LogP) is 5.74. The average molecular weight is 652 g/mol. The Balaban J connectivity index is 1.32. The number of benzene rings is 3. The van der Waals surface area contributed by atoms with Crippen LogP contribution in [0, 0.1) is 0 Å². The molecule has 2 fully saturated rings. The van der Waals surface area contributed by atoms with Crippen molar-refractivity contribution in [1.82, 2.24) is 15.1 Å². The number of thioether (sulfide) groups is 1. The molecule has 3 heterocycles. The van der Waals surface area contributed by atoms with Gasteiger partial charge in [0.1, 0.15) is 22.7 Å². The zero-order valence-electron chi connectivity index (χ0n) is 26.6. The highest BCUT2D eigenvalue weighted by atomic mass is 32.2. The molecule has 47 heavy (non-hydrogen) atoms. The molecule has 2 saturated heterocycles. The molecular formula is C37H37N3O6S. The van der Waals surface area contributed by atoms with Crippen LogP contribution < -0.4 is 5.32 Å². The normalized spacial score (nSPS) is 20.3. The van der Waals surface area contributed by atoms with Crippen LogP contribution in [-0.4, -0.2) is 63.0 Å². The van der Waals surface area contributed by atoms with E-state index in [4.69, 9.17) is 9.47 Å². The lowest BCUT2D eigenvalue weighted by molar-refractivity contribution is -0.153. The number of hydrogen-bond donors (Lipinski definition) is 1. The van der Waals surface area contributed by atoms with Gasteiger partial charge >= 0.3 is 12.1 Å². The van der Waals surface area contributed by atoms with E-state index < -0.39 is 41.1 Å². The first-order valence-corrected chi connectivity index (χ1v) is 16.7. The molecule has 0 bridgehead atoms. The second-order valence-corrected chi connectivity index (χ2v) is 13.8. The zero-order valence-corrected chi connectivity index (χ0v) is 27.4. The van der Waals surface area contributed by atoms with Crippen molar-refractivity contribution in [2.75, 3.05) is 12.3 Å². The van der Waals surface area contributed by atoms with E-state index in [1.165, 1.54) is 16.7 Å². The van der Waals surface area contributed by atoms with Gasteiger partial charge in [-0.1, -0.05) is 91.0 Å². The number of alkyl carbamates (subject to hydrolysis) is 1. The summed E-state index contributed by atoms with van der Waals surface area (Å²) in [5.74, 6) is -0.903. The fraction of sp³-hybridized carbons (Fsp3) is 0.297. The van der Waals surface area contributed by atoms with Crippen LogP contribution in [0.1, 0.15) is 50.0 Å². The Morgan fingerprint density at radius 1 is 0.936 bits per heavy atom. The summed E-state index contributed by atoms with van der Waals surface area (Å²) in [6, 6.07) is 27.7. The van der Waals surface area contributed by atoms with E-state index in [1.807, 2.05) is 91.0 Å². The Morgan fingerprint density at radius 2 is 1.53 bits per heavy atom. The summed E-state index contributed by atoms with van der Waals surface area (Å²) >= 11 is 1.41. The molecule has 0 radical (unpaired) electrons. The van der Waals surface area contributed by atoms with Crippen molar-refractivity contribution >= 4 is 35.6 Å². The van der Waals surface area contributed by atoms with Crippen LogP contribution in [0.2, 0.25) is 0 Å². The van der Waals surface area contributed by atoms with Crippen LogP contribution >= 0.6 is 11.8 Å². The molecule has 0 spiro atoms. The number of nitrogens with one attached hydrogen (secondary N) is 1. The average Bonchev–Trinajstić information content (AvgIpc) is 3.40. The number of nitrogens with zero attached hydrogens (tertiary/aromatic N) is 2. The number of β-lactam (4-membered cyclic amide) rings is 1. The van der Waals surface area contributed by atoms with Gasteiger partial charge in [-0.3, -0.25) is 14.5 Å². The molecule has 10 heteroatoms. The molecule has 3 aliphatic rings. The smallest absolute Gasteiger partial charge is 0.408 e. The quantitative estimate of drug-likeness (QED) is 0.188. The third-order valence-electron chi connectivity index (χ3n) is 8.07. The molecule has 2 atom stereocenters. The van der Waals surface area contributed by atoms with Gasteiger partial charge < -0.3 is 19.7 Å². The standard InChI is InChI=1S/C37H37N3O6S/c1-37(2,3)46-36(44)38-29-33(42)40-30(35(43)45-31(25-15-9-5-10-16-25)26-17-11-6-12-18-26)28(23-47-34(29)40)21-27-19-20-39(32(27)41)22-24-13-7-4-8-14-24/h4-18,21,29,31,34H,19-20,22-23H2,1-3H3,(H,38,44)/b27-21+/t29-,34-/m1/s1. The van der Waals surface area contributed by atoms with Crippen LogP contribution in [0.5, 0.6) is 0 Å². The summed E-state index contributed by atoms with van der Waals surface area (Å²) in [6.07, 6.45) is 0.815. The van der Waals surface area contributed by atoms with Gasteiger partial charge in [0.05, 0.1) is 0 Å². The third-order valence-corrected chi connectivity index (χ3v) is 9.37. The SMILES string of the molecule is CC(C)(C)OC(=O)N[C@@H]1C(=O)N2C(C(=O)OC(c3ccccc3)c3ccccc3)=C(/C=C3\CCN(Cc4ccccc4)C3=O)CS[C@H]12. The number of amides is 3. The molecule has 6 rings (SSSR count). The van der Waals surface area contributed by atoms with E-state index in [9.17, 15) is 19.2 Å². The number of fused-ring (bicyclic) bond motifs is 1. The Hall–Kier alpha value is -4.83. The summed E-state index contributed by atoms with van der Waals surface area (Å²) in [5, 5.41) is 2.13. The maximum atomic E-state index is 14.3. The fourth-order valence-electron chi connectivity index (χ4n) is 5.89. The molecule has 242 valence electrons. The lowest BCUT2D eigenvalue weighted by Gasteiger charge is -2.49. The summed E-state index contributed by atoms with van der Waals surface area (Å²) in [5.41, 5.74) is 3.03. The van der Waals surface area contributed by atoms with Crippen molar-refractivity contribution in [2.45, 2.75) is 56.9 Å². The van der Waals surface area contributed by atoms with E-state index in [0.717, 1.165) is 16.7 Å². The Labute approximate surface area is 278 Å². The van der Waals surface area contributed by atoms with Gasteiger partial charge in [-0.05, 0) is 55.5 Å². The molecule has 3 aromatic carbocycles. The second kappa shape index (κ2) is 13.5. The van der Waals surface area contributed by atoms with Crippen molar-refractivity contribution in [3.63, 3.8) is 0 Å². The van der Waals surface area contributed by atoms with Crippen LogP contribution in [0.25, 0.3) is 0 Å². The highest BCUT2D eigenvalue weighted by Gasteiger charge is 2.55. The zero-order chi connectivity index (χ0) is 33.1. The summed E-state index contributed by atoms with van der Waals surface area (Å²) < 4.78 is 11.6. The number of esters is 1. The first-order chi connectivity index (χ1) is 22.6. The van der Waals surface area contributed by atoms with Crippen molar-refractivity contribution in [1.29, 1.82) is 0 Å². The number of hydrogen-bond acceptors (Lipinski definition) is 7. The molecule has 3 aliphatic heterocycles. The summed E-state index contributed by atoms with van der Waals surface area (Å²) in [4.78, 5) is 57.1. The van der Waals surface area contributed by atoms with Gasteiger partial charge in [-0.2, -0.15) is 0 Å². The molecule has 9 nitrogen and oxygen atoms in total. The molecule has 0 saturated carbocycles. The number of carbonyl (C=O) groups excluding carboxylic acids is 4. The van der Waals surface area contributed by atoms with Gasteiger partial charge in [0.15, 0.2) is 6.10 Å². The largest absolute Gasteiger partial charge is 0.448 e. The first-order valence-electron chi connectivity index (χ1n) is 15.6. The Kier molecular flexibility index (Phi) is 9.22. The molecule has 0 aromatic heterocycles. The minimum atomic E-state index is -0.875. The number of allylic oxidation sites excluding steroid dienone is 1. The monoisotopic (exact) mass is 651 g/mol. The molecule has 3 aromatic rings. The van der Waals surface area contributed by atoms with E-state index in [0.29, 0.717) is 36.4 Å². The van der Waals surface area contributed by atoms with Crippen LogP contribution in [0.15, 0.2) is 114 Å². The van der Waals surface area contributed by atoms with Gasteiger partial charge in [0, 0.05) is 24.4 Å². The van der Waals surface area contributed by atoms with Crippen LogP contribution in [0.3, 0.4) is 0 Å². The lowest BCUT2D eigenvalue weighted by Crippen LogP contribution is -2.70. The Morgan fingerprint density at radius 3 is 2.13 bits per heavy atom. The highest BCUT2D eigenvalue weighted by Crippen LogP contribution is 2.42. The van der Waals surface area contributed by atoms with E-state index in [2.05, 4.69) is 5.32 Å². The van der Waals surface area contributed by atoms with Crippen molar-refractivity contribution in [3.05, 3.63) is 131 Å². The van der Waals surface area contributed by atoms with Crippen molar-refractivity contribution in [2.24, 2.45) is 0 Å². The topological polar surface area (TPSA) is 105 Å². The predicted molar refractivity (Wildman–Crippen MR) is 179 cm³/mol. The minimum absolute atomic E-state index is 0.0830. The van der Waals surface area contributed by atoms with Gasteiger partial charge in [-0.25, -0.2) is 9.59 Å². The maximum absolute atomic E-state index is 14.3. The first kappa shape index (κ1) is 32.1. The van der Waals surface area contributed by atoms with Gasteiger partial charge in [-0.15, -0.1) is 11.8 Å². The number of carbonyl (C=O) groups is 4. The molecular weight excluding hydrogens is 614 g/mol. The van der Waals surface area contributed by atoms with Crippen LogP contribution in [0.4, 0.5) is 4.79 Å². The number of likely N-dealkylation sites (tertiary alicyclic amines) is 1. The molecule has 3 amide bonds. The van der Waals surface area contributed by atoms with Crippen molar-refractivity contribution < 1.29 is 28.7 Å². The molecule has 0 aliphatic carbocycles. The third kappa shape index (κ3) is 7.12. The lowest BCUT2D eigenvalue weighted by atomic mass is 10.00.